The molecule has 0 fully saturated rings. The van der Waals surface area contributed by atoms with Gasteiger partial charge in [-0.15, -0.1) is 0 Å². The van der Waals surface area contributed by atoms with E-state index in [1.807, 2.05) is 32.0 Å². The van der Waals surface area contributed by atoms with Crippen molar-refractivity contribution >= 4 is 6.09 Å². The Morgan fingerprint density at radius 1 is 1.32 bits per heavy atom. The zero-order chi connectivity index (χ0) is 15.9. The first kappa shape index (κ1) is 16.4. The lowest BCUT2D eigenvalue weighted by Crippen LogP contribution is -2.40. The summed E-state index contributed by atoms with van der Waals surface area (Å²) in [7, 11) is 1.58. The van der Waals surface area contributed by atoms with Gasteiger partial charge < -0.3 is 23.8 Å². The summed E-state index contributed by atoms with van der Waals surface area (Å²) in [5.74, 6) is 1.53. The molecule has 0 spiro atoms. The fourth-order valence-electron chi connectivity index (χ4n) is 2.44. The lowest BCUT2D eigenvalue weighted by Gasteiger charge is -2.27. The molecule has 1 aromatic rings. The van der Waals surface area contributed by atoms with Crippen LogP contribution in [0.5, 0.6) is 11.5 Å². The second kappa shape index (κ2) is 7.89. The van der Waals surface area contributed by atoms with E-state index in [4.69, 9.17) is 18.9 Å². The first-order chi connectivity index (χ1) is 10.7. The summed E-state index contributed by atoms with van der Waals surface area (Å²) < 4.78 is 20.7. The minimum atomic E-state index is -0.312. The number of likely N-dealkylation sites (N-methyl/N-ethyl adjacent to an activating group) is 1. The van der Waals surface area contributed by atoms with Crippen molar-refractivity contribution in [1.29, 1.82) is 0 Å². The van der Waals surface area contributed by atoms with Crippen molar-refractivity contribution < 1.29 is 23.7 Å². The maximum atomic E-state index is 12.1. The molecule has 1 heterocycles. The molecule has 1 atom stereocenters. The van der Waals surface area contributed by atoms with E-state index >= 15 is 0 Å². The molecule has 0 unspecified atom stereocenters. The molecule has 1 aromatic carbocycles. The van der Waals surface area contributed by atoms with Crippen LogP contribution in [-0.2, 0) is 15.9 Å². The number of rotatable bonds is 7. The molecule has 2 rings (SSSR count). The van der Waals surface area contributed by atoms with Crippen LogP contribution in [0, 0.1) is 0 Å². The largest absolute Gasteiger partial charge is 0.454 e. The molecule has 1 aliphatic heterocycles. The molecular weight excluding hydrogens is 286 g/mol. The van der Waals surface area contributed by atoms with Gasteiger partial charge in [0.2, 0.25) is 6.79 Å². The van der Waals surface area contributed by atoms with E-state index in [1.165, 1.54) is 0 Å². The molecule has 0 aliphatic carbocycles. The number of methoxy groups -OCH3 is 1. The molecule has 0 saturated heterocycles. The second-order valence-electron chi connectivity index (χ2n) is 5.13. The number of hydrogen-bond donors (Lipinski definition) is 0. The molecule has 22 heavy (non-hydrogen) atoms. The number of hydrogen-bond acceptors (Lipinski definition) is 5. The van der Waals surface area contributed by atoms with Crippen molar-refractivity contribution in [3.63, 3.8) is 0 Å². The fraction of sp³-hybridized carbons (Fsp3) is 0.562. The normalized spacial score (nSPS) is 13.8. The number of fused-ring (bicyclic) bond motifs is 1. The number of nitrogens with zero attached hydrogens (tertiary/aromatic N) is 1. The van der Waals surface area contributed by atoms with E-state index in [2.05, 4.69) is 0 Å². The van der Waals surface area contributed by atoms with Crippen LogP contribution >= 0.6 is 0 Å². The Morgan fingerprint density at radius 2 is 2.09 bits per heavy atom. The van der Waals surface area contributed by atoms with Gasteiger partial charge >= 0.3 is 6.09 Å². The van der Waals surface area contributed by atoms with E-state index < -0.39 is 0 Å². The zero-order valence-corrected chi connectivity index (χ0v) is 13.3. The molecule has 0 aromatic heterocycles. The molecule has 1 aliphatic rings. The standard InChI is InChI=1S/C16H23NO5/c1-4-17(16(18)20-8-7-19-3)12(2)9-13-5-6-14-15(10-13)22-11-21-14/h5-6,10,12H,4,7-9,11H2,1-3H3/t12-/m0/s1. The van der Waals surface area contributed by atoms with Gasteiger partial charge in [0, 0.05) is 19.7 Å². The van der Waals surface area contributed by atoms with Crippen molar-refractivity contribution in [2.75, 3.05) is 33.7 Å². The summed E-state index contributed by atoms with van der Waals surface area (Å²) in [5.41, 5.74) is 1.10. The summed E-state index contributed by atoms with van der Waals surface area (Å²) in [6.45, 7) is 5.47. The lowest BCUT2D eigenvalue weighted by atomic mass is 10.1. The fourth-order valence-corrected chi connectivity index (χ4v) is 2.44. The second-order valence-corrected chi connectivity index (χ2v) is 5.13. The predicted octanol–water partition coefficient (Wildman–Crippen LogP) is 2.45. The van der Waals surface area contributed by atoms with Crippen LogP contribution < -0.4 is 9.47 Å². The Morgan fingerprint density at radius 3 is 2.82 bits per heavy atom. The van der Waals surface area contributed by atoms with Crippen LogP contribution in [0.3, 0.4) is 0 Å². The molecule has 122 valence electrons. The summed E-state index contributed by atoms with van der Waals surface area (Å²) in [6.07, 6.45) is 0.414. The van der Waals surface area contributed by atoms with E-state index in [0.717, 1.165) is 23.5 Å². The Balaban J connectivity index is 1.93. The van der Waals surface area contributed by atoms with Crippen LogP contribution in [0.2, 0.25) is 0 Å². The minimum absolute atomic E-state index is 0.0282. The maximum absolute atomic E-state index is 12.1. The monoisotopic (exact) mass is 309 g/mol. The molecule has 1 amide bonds. The topological polar surface area (TPSA) is 57.2 Å². The Labute approximate surface area is 130 Å². The van der Waals surface area contributed by atoms with Crippen LogP contribution in [-0.4, -0.2) is 50.7 Å². The summed E-state index contributed by atoms with van der Waals surface area (Å²) in [4.78, 5) is 13.8. The maximum Gasteiger partial charge on any atom is 0.410 e. The van der Waals surface area contributed by atoms with Crippen LogP contribution in [0.15, 0.2) is 18.2 Å². The average molecular weight is 309 g/mol. The zero-order valence-electron chi connectivity index (χ0n) is 13.3. The third-order valence-corrected chi connectivity index (χ3v) is 3.59. The van der Waals surface area contributed by atoms with Gasteiger partial charge in [0.05, 0.1) is 6.61 Å². The van der Waals surface area contributed by atoms with Crippen molar-refractivity contribution in [2.24, 2.45) is 0 Å². The van der Waals surface area contributed by atoms with Gasteiger partial charge in [0.25, 0.3) is 0 Å². The number of carbonyl (C=O) groups is 1. The molecule has 0 saturated carbocycles. The van der Waals surface area contributed by atoms with Crippen molar-refractivity contribution in [3.05, 3.63) is 23.8 Å². The van der Waals surface area contributed by atoms with Crippen LogP contribution in [0.1, 0.15) is 19.4 Å². The molecule has 0 N–H and O–H groups in total. The highest BCUT2D eigenvalue weighted by atomic mass is 16.7. The Kier molecular flexibility index (Phi) is 5.89. The Bertz CT molecular complexity index is 505. The summed E-state index contributed by atoms with van der Waals surface area (Å²) in [6, 6.07) is 5.88. The summed E-state index contributed by atoms with van der Waals surface area (Å²) in [5, 5.41) is 0. The predicted molar refractivity (Wildman–Crippen MR) is 81.3 cm³/mol. The average Bonchev–Trinajstić information content (AvgIpc) is 2.95. The van der Waals surface area contributed by atoms with Gasteiger partial charge in [0.15, 0.2) is 11.5 Å². The number of carbonyl (C=O) groups excluding carboxylic acids is 1. The molecule has 6 heteroatoms. The van der Waals surface area contributed by atoms with Gasteiger partial charge in [0.1, 0.15) is 6.61 Å². The van der Waals surface area contributed by atoms with Crippen LogP contribution in [0.4, 0.5) is 4.79 Å². The third kappa shape index (κ3) is 4.04. The highest BCUT2D eigenvalue weighted by Gasteiger charge is 2.21. The number of benzene rings is 1. The summed E-state index contributed by atoms with van der Waals surface area (Å²) >= 11 is 0. The number of amides is 1. The van der Waals surface area contributed by atoms with Gasteiger partial charge in [-0.25, -0.2) is 4.79 Å². The van der Waals surface area contributed by atoms with Gasteiger partial charge in [-0.05, 0) is 38.0 Å². The highest BCUT2D eigenvalue weighted by molar-refractivity contribution is 5.68. The quantitative estimate of drug-likeness (QED) is 0.724. The lowest BCUT2D eigenvalue weighted by molar-refractivity contribution is 0.0645. The molecule has 0 bridgehead atoms. The third-order valence-electron chi connectivity index (χ3n) is 3.59. The smallest absolute Gasteiger partial charge is 0.410 e. The Hall–Kier alpha value is -1.95. The molecule has 6 nitrogen and oxygen atoms in total. The van der Waals surface area contributed by atoms with Gasteiger partial charge in [-0.2, -0.15) is 0 Å². The minimum Gasteiger partial charge on any atom is -0.454 e. The first-order valence-electron chi connectivity index (χ1n) is 7.46. The van der Waals surface area contributed by atoms with Crippen molar-refractivity contribution in [1.82, 2.24) is 4.90 Å². The molecule has 0 radical (unpaired) electrons. The van der Waals surface area contributed by atoms with E-state index in [0.29, 0.717) is 13.2 Å². The van der Waals surface area contributed by atoms with E-state index in [9.17, 15) is 4.79 Å². The number of ether oxygens (including phenoxy) is 4. The van der Waals surface area contributed by atoms with Crippen molar-refractivity contribution in [2.45, 2.75) is 26.3 Å². The van der Waals surface area contributed by atoms with Crippen molar-refractivity contribution in [3.8, 4) is 11.5 Å². The van der Waals surface area contributed by atoms with Crippen LogP contribution in [0.25, 0.3) is 0 Å². The SMILES string of the molecule is CCN(C(=O)OCCOC)[C@@H](C)Cc1ccc2c(c1)OCO2. The molecular formula is C16H23NO5. The van der Waals surface area contributed by atoms with Gasteiger partial charge in [-0.1, -0.05) is 6.07 Å². The highest BCUT2D eigenvalue weighted by Crippen LogP contribution is 2.33. The van der Waals surface area contributed by atoms with Gasteiger partial charge in [-0.3, -0.25) is 0 Å². The van der Waals surface area contributed by atoms with E-state index in [-0.39, 0.29) is 25.5 Å². The first-order valence-corrected chi connectivity index (χ1v) is 7.46. The van der Waals surface area contributed by atoms with E-state index in [1.54, 1.807) is 12.0 Å².